The summed E-state index contributed by atoms with van der Waals surface area (Å²) in [5.41, 5.74) is 4.82. The van der Waals surface area contributed by atoms with Gasteiger partial charge in [-0.25, -0.2) is 0 Å². The zero-order chi connectivity index (χ0) is 16.0. The molecule has 0 heteroatoms. The SMILES string of the molecule is C#C\C(=C/C=C(/C=C/C(=C)C)CC)C1(c2ccccc2)CC1. The average molecular weight is 288 g/mol. The number of hydrogen-bond donors (Lipinski definition) is 0. The van der Waals surface area contributed by atoms with Crippen molar-refractivity contribution in [2.45, 2.75) is 38.5 Å². The predicted molar refractivity (Wildman–Crippen MR) is 96.6 cm³/mol. The van der Waals surface area contributed by atoms with Gasteiger partial charge in [0.05, 0.1) is 0 Å². The molecule has 112 valence electrons. The van der Waals surface area contributed by atoms with Crippen LogP contribution in [0.2, 0.25) is 0 Å². The first-order chi connectivity index (χ1) is 10.6. The molecule has 0 spiro atoms. The Balaban J connectivity index is 2.29. The molecule has 0 unspecified atom stereocenters. The van der Waals surface area contributed by atoms with Crippen molar-refractivity contribution in [1.82, 2.24) is 0 Å². The van der Waals surface area contributed by atoms with Gasteiger partial charge in [-0.05, 0) is 43.4 Å². The molecule has 1 saturated carbocycles. The van der Waals surface area contributed by atoms with Crippen LogP contribution in [0, 0.1) is 12.3 Å². The van der Waals surface area contributed by atoms with E-state index >= 15 is 0 Å². The fourth-order valence-corrected chi connectivity index (χ4v) is 2.67. The molecule has 1 aliphatic carbocycles. The van der Waals surface area contributed by atoms with Crippen molar-refractivity contribution < 1.29 is 0 Å². The highest BCUT2D eigenvalue weighted by Crippen LogP contribution is 2.53. The van der Waals surface area contributed by atoms with Crippen molar-refractivity contribution in [3.05, 3.63) is 83.5 Å². The van der Waals surface area contributed by atoms with E-state index in [1.807, 2.05) is 13.0 Å². The molecule has 1 aliphatic rings. The van der Waals surface area contributed by atoms with Crippen molar-refractivity contribution >= 4 is 0 Å². The van der Waals surface area contributed by atoms with Gasteiger partial charge >= 0.3 is 0 Å². The Kier molecular flexibility index (Phi) is 5.23. The standard InChI is InChI=1S/C22H24/c1-5-19(13-12-18(3)4)14-15-20(6-2)22(16-17-22)21-10-8-7-9-11-21/h2,7-15H,3,5,16-17H2,1,4H3/b13-12+,19-14+,20-15+. The van der Waals surface area contributed by atoms with Crippen LogP contribution in [0.4, 0.5) is 0 Å². The van der Waals surface area contributed by atoms with Crippen molar-refractivity contribution in [2.75, 3.05) is 0 Å². The maximum absolute atomic E-state index is 5.81. The van der Waals surface area contributed by atoms with Crippen molar-refractivity contribution in [1.29, 1.82) is 0 Å². The van der Waals surface area contributed by atoms with Crippen molar-refractivity contribution in [3.8, 4) is 12.3 Å². The third-order valence-corrected chi connectivity index (χ3v) is 4.20. The van der Waals surface area contributed by atoms with Crippen LogP contribution in [0.5, 0.6) is 0 Å². The maximum atomic E-state index is 5.81. The summed E-state index contributed by atoms with van der Waals surface area (Å²) < 4.78 is 0. The van der Waals surface area contributed by atoms with Crippen LogP contribution < -0.4 is 0 Å². The van der Waals surface area contributed by atoms with E-state index in [2.05, 4.69) is 68.0 Å². The van der Waals surface area contributed by atoms with E-state index in [0.29, 0.717) is 0 Å². The van der Waals surface area contributed by atoms with Gasteiger partial charge in [0.2, 0.25) is 0 Å². The normalized spacial score (nSPS) is 17.3. The largest absolute Gasteiger partial charge is 0.115 e. The molecule has 2 rings (SSSR count). The smallest absolute Gasteiger partial charge is 0.0283 e. The van der Waals surface area contributed by atoms with E-state index in [-0.39, 0.29) is 5.41 Å². The Bertz CT molecular complexity index is 656. The number of allylic oxidation sites excluding steroid dienone is 7. The fourth-order valence-electron chi connectivity index (χ4n) is 2.67. The van der Waals surface area contributed by atoms with Crippen LogP contribution in [-0.2, 0) is 5.41 Å². The first-order valence-corrected chi connectivity index (χ1v) is 7.89. The summed E-state index contributed by atoms with van der Waals surface area (Å²) >= 11 is 0. The van der Waals surface area contributed by atoms with E-state index in [4.69, 9.17) is 6.42 Å². The molecule has 0 bridgehead atoms. The van der Waals surface area contributed by atoms with E-state index in [9.17, 15) is 0 Å². The highest BCUT2D eigenvalue weighted by molar-refractivity contribution is 5.51. The molecule has 0 atom stereocenters. The van der Waals surface area contributed by atoms with Crippen LogP contribution >= 0.6 is 0 Å². The maximum Gasteiger partial charge on any atom is 0.0283 e. The molecule has 1 aromatic rings. The van der Waals surface area contributed by atoms with Crippen molar-refractivity contribution in [2.24, 2.45) is 0 Å². The summed E-state index contributed by atoms with van der Waals surface area (Å²) in [6.07, 6.45) is 17.5. The molecule has 0 nitrogen and oxygen atoms in total. The monoisotopic (exact) mass is 288 g/mol. The van der Waals surface area contributed by atoms with E-state index in [0.717, 1.165) is 30.4 Å². The first kappa shape index (κ1) is 16.1. The molecule has 0 heterocycles. The van der Waals surface area contributed by atoms with Crippen molar-refractivity contribution in [3.63, 3.8) is 0 Å². The molecule has 0 radical (unpaired) electrons. The van der Waals surface area contributed by atoms with Gasteiger partial charge in [-0.15, -0.1) is 6.42 Å². The number of terminal acetylenes is 1. The summed E-state index contributed by atoms with van der Waals surface area (Å²) in [7, 11) is 0. The predicted octanol–water partition coefficient (Wildman–Crippen LogP) is 5.75. The molecule has 0 saturated heterocycles. The third-order valence-electron chi connectivity index (χ3n) is 4.20. The molecular weight excluding hydrogens is 264 g/mol. The first-order valence-electron chi connectivity index (χ1n) is 7.89. The summed E-state index contributed by atoms with van der Waals surface area (Å²) in [5.74, 6) is 2.92. The van der Waals surface area contributed by atoms with Gasteiger partial charge in [0, 0.05) is 11.0 Å². The Morgan fingerprint density at radius 1 is 1.23 bits per heavy atom. The lowest BCUT2D eigenvalue weighted by atomic mass is 9.87. The topological polar surface area (TPSA) is 0 Å². The second kappa shape index (κ2) is 7.14. The summed E-state index contributed by atoms with van der Waals surface area (Å²) in [4.78, 5) is 0. The third kappa shape index (κ3) is 3.68. The highest BCUT2D eigenvalue weighted by atomic mass is 14.5. The second-order valence-corrected chi connectivity index (χ2v) is 5.95. The molecule has 0 N–H and O–H groups in total. The molecule has 0 aliphatic heterocycles. The summed E-state index contributed by atoms with van der Waals surface area (Å²) in [6.45, 7) is 8.06. The zero-order valence-electron chi connectivity index (χ0n) is 13.6. The van der Waals surface area contributed by atoms with Gasteiger partial charge < -0.3 is 0 Å². The van der Waals surface area contributed by atoms with Crippen LogP contribution in [0.25, 0.3) is 0 Å². The lowest BCUT2D eigenvalue weighted by Gasteiger charge is -2.15. The van der Waals surface area contributed by atoms with Gasteiger partial charge in [0.15, 0.2) is 0 Å². The van der Waals surface area contributed by atoms with Crippen LogP contribution in [-0.4, -0.2) is 0 Å². The number of benzene rings is 1. The van der Waals surface area contributed by atoms with Crippen LogP contribution in [0.3, 0.4) is 0 Å². The number of rotatable bonds is 6. The Morgan fingerprint density at radius 2 is 1.91 bits per heavy atom. The second-order valence-electron chi connectivity index (χ2n) is 5.95. The van der Waals surface area contributed by atoms with E-state index in [1.165, 1.54) is 11.1 Å². The molecule has 1 fully saturated rings. The van der Waals surface area contributed by atoms with Crippen LogP contribution in [0.15, 0.2) is 77.9 Å². The Hall–Kier alpha value is -2.26. The minimum absolute atomic E-state index is 0.0728. The molecule has 0 aromatic heterocycles. The van der Waals surface area contributed by atoms with Gasteiger partial charge in [0.25, 0.3) is 0 Å². The van der Waals surface area contributed by atoms with E-state index < -0.39 is 0 Å². The minimum atomic E-state index is 0.0728. The van der Waals surface area contributed by atoms with E-state index in [1.54, 1.807) is 0 Å². The lowest BCUT2D eigenvalue weighted by molar-refractivity contribution is 0.854. The average Bonchev–Trinajstić information content (AvgIpc) is 3.33. The fraction of sp³-hybridized carbons (Fsp3) is 0.273. The molecule has 22 heavy (non-hydrogen) atoms. The van der Waals surface area contributed by atoms with Crippen LogP contribution in [0.1, 0.15) is 38.7 Å². The highest BCUT2D eigenvalue weighted by Gasteiger charge is 2.46. The number of hydrogen-bond acceptors (Lipinski definition) is 0. The minimum Gasteiger partial charge on any atom is -0.115 e. The van der Waals surface area contributed by atoms with Gasteiger partial charge in [-0.1, -0.05) is 73.6 Å². The lowest BCUT2D eigenvalue weighted by Crippen LogP contribution is -2.08. The molecule has 1 aromatic carbocycles. The van der Waals surface area contributed by atoms with Gasteiger partial charge in [0.1, 0.15) is 0 Å². The summed E-state index contributed by atoms with van der Waals surface area (Å²) in [5, 5.41) is 0. The Morgan fingerprint density at radius 3 is 2.41 bits per heavy atom. The Labute approximate surface area is 135 Å². The quantitative estimate of drug-likeness (QED) is 0.462. The summed E-state index contributed by atoms with van der Waals surface area (Å²) in [6, 6.07) is 10.6. The van der Waals surface area contributed by atoms with Gasteiger partial charge in [-0.3, -0.25) is 0 Å². The van der Waals surface area contributed by atoms with Gasteiger partial charge in [-0.2, -0.15) is 0 Å². The molecule has 0 amide bonds. The molecular formula is C22H24. The zero-order valence-corrected chi connectivity index (χ0v) is 13.6.